The summed E-state index contributed by atoms with van der Waals surface area (Å²) in [5.74, 6) is 2.51. The van der Waals surface area contributed by atoms with E-state index in [1.54, 1.807) is 11.3 Å². The van der Waals surface area contributed by atoms with E-state index in [1.165, 1.54) is 61.6 Å². The van der Waals surface area contributed by atoms with Crippen molar-refractivity contribution in [2.45, 2.75) is 64.7 Å². The van der Waals surface area contributed by atoms with Crippen LogP contribution in [0.4, 0.5) is 0 Å². The van der Waals surface area contributed by atoms with Gasteiger partial charge in [0.2, 0.25) is 0 Å². The molecule has 0 radical (unpaired) electrons. The Hall–Kier alpha value is -2.27. The third-order valence-electron chi connectivity index (χ3n) is 6.55. The molecule has 5 rings (SSSR count). The summed E-state index contributed by atoms with van der Waals surface area (Å²) < 4.78 is 2.16. The first-order valence-electron chi connectivity index (χ1n) is 10.9. The van der Waals surface area contributed by atoms with Crippen LogP contribution in [0.25, 0.3) is 27.0 Å². The van der Waals surface area contributed by atoms with Crippen molar-refractivity contribution in [1.29, 1.82) is 0 Å². The number of fused-ring (bicyclic) bond motifs is 3. The van der Waals surface area contributed by atoms with Gasteiger partial charge < -0.3 is 0 Å². The predicted molar refractivity (Wildman–Crippen MR) is 121 cm³/mol. The minimum atomic E-state index is 0.503. The molecule has 1 aliphatic carbocycles. The number of aryl methyl sites for hydroxylation is 1. The van der Waals surface area contributed by atoms with Crippen molar-refractivity contribution in [3.05, 3.63) is 47.4 Å². The van der Waals surface area contributed by atoms with Crippen molar-refractivity contribution in [2.24, 2.45) is 5.92 Å². The summed E-state index contributed by atoms with van der Waals surface area (Å²) >= 11 is 1.69. The molecule has 4 aromatic rings. The fourth-order valence-electron chi connectivity index (χ4n) is 4.78. The van der Waals surface area contributed by atoms with Crippen molar-refractivity contribution in [1.82, 2.24) is 19.6 Å². The van der Waals surface area contributed by atoms with E-state index in [-0.39, 0.29) is 0 Å². The molecule has 0 atom stereocenters. The Morgan fingerprint density at radius 3 is 2.62 bits per heavy atom. The minimum absolute atomic E-state index is 0.503. The normalized spacial score (nSPS) is 19.9. The van der Waals surface area contributed by atoms with Crippen molar-refractivity contribution in [3.63, 3.8) is 0 Å². The molecule has 1 fully saturated rings. The lowest BCUT2D eigenvalue weighted by Gasteiger charge is -2.27. The number of rotatable bonds is 5. The first-order valence-corrected chi connectivity index (χ1v) is 11.8. The standard InChI is InChI=1S/C24H28N4S/c1-3-4-5-17-8-12-19(13-9-17)22-26-27-23-21-20(18-10-6-16(2)7-11-18)14-29-24(21)25-15-28(22)23/h6-7,10-11,14-15,17,19H,3-5,8-9,12-13H2,1-2H3. The smallest absolute Gasteiger partial charge is 0.173 e. The molecule has 0 N–H and O–H groups in total. The Balaban J connectivity index is 1.49. The van der Waals surface area contributed by atoms with E-state index in [2.05, 4.69) is 58.1 Å². The summed E-state index contributed by atoms with van der Waals surface area (Å²) in [7, 11) is 0. The van der Waals surface area contributed by atoms with Gasteiger partial charge in [-0.25, -0.2) is 4.98 Å². The highest BCUT2D eigenvalue weighted by molar-refractivity contribution is 7.17. The van der Waals surface area contributed by atoms with Crippen LogP contribution < -0.4 is 0 Å². The molecule has 0 unspecified atom stereocenters. The predicted octanol–water partition coefficient (Wildman–Crippen LogP) is 6.78. The second-order valence-corrected chi connectivity index (χ2v) is 9.41. The molecule has 0 bridgehead atoms. The van der Waals surface area contributed by atoms with Gasteiger partial charge in [-0.3, -0.25) is 4.40 Å². The second kappa shape index (κ2) is 7.86. The molecule has 29 heavy (non-hydrogen) atoms. The van der Waals surface area contributed by atoms with Gasteiger partial charge in [0.05, 0.1) is 5.39 Å². The van der Waals surface area contributed by atoms with Crippen LogP contribution in [-0.4, -0.2) is 19.6 Å². The summed E-state index contributed by atoms with van der Waals surface area (Å²) in [6.07, 6.45) is 11.1. The summed E-state index contributed by atoms with van der Waals surface area (Å²) in [4.78, 5) is 5.80. The van der Waals surface area contributed by atoms with E-state index in [1.807, 2.05) is 6.33 Å². The molecule has 3 aromatic heterocycles. The van der Waals surface area contributed by atoms with Crippen LogP contribution in [0, 0.1) is 12.8 Å². The summed E-state index contributed by atoms with van der Waals surface area (Å²) in [5.41, 5.74) is 4.66. The fraction of sp³-hybridized carbons (Fsp3) is 0.458. The number of nitrogens with zero attached hydrogens (tertiary/aromatic N) is 4. The number of hydrogen-bond acceptors (Lipinski definition) is 4. The zero-order chi connectivity index (χ0) is 19.8. The molecule has 1 saturated carbocycles. The monoisotopic (exact) mass is 404 g/mol. The lowest BCUT2D eigenvalue weighted by atomic mass is 9.79. The average molecular weight is 405 g/mol. The molecule has 1 aliphatic rings. The van der Waals surface area contributed by atoms with Crippen molar-refractivity contribution in [3.8, 4) is 11.1 Å². The molecule has 0 aliphatic heterocycles. The van der Waals surface area contributed by atoms with E-state index in [4.69, 9.17) is 4.98 Å². The molecule has 150 valence electrons. The maximum absolute atomic E-state index is 4.76. The number of hydrogen-bond donors (Lipinski definition) is 0. The van der Waals surface area contributed by atoms with Crippen LogP contribution in [0.3, 0.4) is 0 Å². The quantitative estimate of drug-likeness (QED) is 0.368. The van der Waals surface area contributed by atoms with Crippen LogP contribution in [0.15, 0.2) is 36.0 Å². The zero-order valence-electron chi connectivity index (χ0n) is 17.3. The molecule has 0 spiro atoms. The summed E-state index contributed by atoms with van der Waals surface area (Å²) in [5, 5.41) is 12.6. The fourth-order valence-corrected chi connectivity index (χ4v) is 5.69. The average Bonchev–Trinajstić information content (AvgIpc) is 3.37. The second-order valence-electron chi connectivity index (χ2n) is 8.55. The molecule has 0 amide bonds. The van der Waals surface area contributed by atoms with Crippen LogP contribution in [0.2, 0.25) is 0 Å². The lowest BCUT2D eigenvalue weighted by Crippen LogP contribution is -2.15. The van der Waals surface area contributed by atoms with E-state index in [0.29, 0.717) is 5.92 Å². The van der Waals surface area contributed by atoms with Gasteiger partial charge >= 0.3 is 0 Å². The highest BCUT2D eigenvalue weighted by Crippen LogP contribution is 2.39. The van der Waals surface area contributed by atoms with E-state index >= 15 is 0 Å². The Kier molecular flexibility index (Phi) is 5.08. The summed E-state index contributed by atoms with van der Waals surface area (Å²) in [6.45, 7) is 4.41. The third kappa shape index (κ3) is 3.46. The number of thiophene rings is 1. The molecular formula is C24H28N4S. The number of benzene rings is 1. The van der Waals surface area contributed by atoms with Crippen LogP contribution in [-0.2, 0) is 0 Å². The molecule has 4 nitrogen and oxygen atoms in total. The van der Waals surface area contributed by atoms with Crippen LogP contribution in [0.1, 0.15) is 69.2 Å². The number of unbranched alkanes of at least 4 members (excludes halogenated alkanes) is 1. The van der Waals surface area contributed by atoms with Crippen molar-refractivity contribution in [2.75, 3.05) is 0 Å². The molecule has 0 saturated heterocycles. The van der Waals surface area contributed by atoms with E-state index in [9.17, 15) is 0 Å². The molecular weight excluding hydrogens is 376 g/mol. The molecule has 1 aromatic carbocycles. The van der Waals surface area contributed by atoms with Gasteiger partial charge in [0.15, 0.2) is 5.65 Å². The highest BCUT2D eigenvalue weighted by atomic mass is 32.1. The Morgan fingerprint density at radius 2 is 1.86 bits per heavy atom. The number of aromatic nitrogens is 4. The maximum Gasteiger partial charge on any atom is 0.173 e. The third-order valence-corrected chi connectivity index (χ3v) is 7.43. The highest BCUT2D eigenvalue weighted by Gasteiger charge is 2.26. The van der Waals surface area contributed by atoms with Gasteiger partial charge in [0.25, 0.3) is 0 Å². The van der Waals surface area contributed by atoms with Crippen LogP contribution in [0.5, 0.6) is 0 Å². The SMILES string of the molecule is CCCCC1CCC(c2nnc3c4c(-c5ccc(C)cc5)csc4ncn23)CC1. The first kappa shape index (κ1) is 18.7. The Morgan fingerprint density at radius 1 is 1.07 bits per heavy atom. The Labute approximate surface area is 176 Å². The van der Waals surface area contributed by atoms with Gasteiger partial charge in [-0.05, 0) is 44.1 Å². The largest absolute Gasteiger partial charge is 0.268 e. The topological polar surface area (TPSA) is 43.1 Å². The first-order chi connectivity index (χ1) is 14.2. The van der Waals surface area contributed by atoms with Gasteiger partial charge in [-0.15, -0.1) is 21.5 Å². The van der Waals surface area contributed by atoms with Crippen LogP contribution >= 0.6 is 11.3 Å². The Bertz CT molecular complexity index is 1120. The van der Waals surface area contributed by atoms with E-state index in [0.717, 1.165) is 27.6 Å². The minimum Gasteiger partial charge on any atom is -0.268 e. The molecule has 5 heteroatoms. The summed E-state index contributed by atoms with van der Waals surface area (Å²) in [6, 6.07) is 8.71. The lowest BCUT2D eigenvalue weighted by molar-refractivity contribution is 0.297. The molecule has 3 heterocycles. The van der Waals surface area contributed by atoms with Gasteiger partial charge in [0, 0.05) is 16.9 Å². The van der Waals surface area contributed by atoms with E-state index < -0.39 is 0 Å². The maximum atomic E-state index is 4.76. The zero-order valence-corrected chi connectivity index (χ0v) is 18.1. The van der Waals surface area contributed by atoms with Gasteiger partial charge in [-0.2, -0.15) is 0 Å². The van der Waals surface area contributed by atoms with Gasteiger partial charge in [-0.1, -0.05) is 56.0 Å². The van der Waals surface area contributed by atoms with Gasteiger partial charge in [0.1, 0.15) is 17.0 Å². The van der Waals surface area contributed by atoms with Crippen molar-refractivity contribution < 1.29 is 0 Å². The van der Waals surface area contributed by atoms with Crippen molar-refractivity contribution >= 4 is 27.2 Å².